The third-order valence-corrected chi connectivity index (χ3v) is 5.64. The van der Waals surface area contributed by atoms with Crippen LogP contribution in [0.4, 0.5) is 4.79 Å². The molecule has 3 rings (SSSR count). The molecule has 5 nitrogen and oxygen atoms in total. The molecular formula is C23H26N3O2S+. The first kappa shape index (κ1) is 20.8. The van der Waals surface area contributed by atoms with Crippen molar-refractivity contribution in [1.82, 2.24) is 10.6 Å². The van der Waals surface area contributed by atoms with Crippen molar-refractivity contribution in [3.63, 3.8) is 0 Å². The summed E-state index contributed by atoms with van der Waals surface area (Å²) in [6.45, 7) is 4.33. The molecule has 0 bridgehead atoms. The monoisotopic (exact) mass is 408 g/mol. The van der Waals surface area contributed by atoms with Gasteiger partial charge in [0.1, 0.15) is 6.04 Å². The molecule has 0 aliphatic rings. The number of carbonyl (C=O) groups is 2. The quantitative estimate of drug-likeness (QED) is 0.561. The number of quaternary nitrogens is 1. The summed E-state index contributed by atoms with van der Waals surface area (Å²) in [5.41, 5.74) is 3.15. The van der Waals surface area contributed by atoms with Crippen LogP contribution in [-0.2, 0) is 4.79 Å². The maximum absolute atomic E-state index is 13.0. The number of nitrogens with one attached hydrogen (secondary N) is 2. The van der Waals surface area contributed by atoms with Crippen molar-refractivity contribution in [2.45, 2.75) is 25.9 Å². The van der Waals surface area contributed by atoms with Gasteiger partial charge >= 0.3 is 6.03 Å². The molecule has 4 N–H and O–H groups in total. The number of aryl methyl sites for hydroxylation is 1. The van der Waals surface area contributed by atoms with Crippen LogP contribution in [0.15, 0.2) is 72.1 Å². The summed E-state index contributed by atoms with van der Waals surface area (Å²) in [7, 11) is 0. The van der Waals surface area contributed by atoms with Crippen LogP contribution >= 0.6 is 11.3 Å². The van der Waals surface area contributed by atoms with Crippen LogP contribution in [0.2, 0.25) is 0 Å². The van der Waals surface area contributed by atoms with Gasteiger partial charge in [-0.05, 0) is 25.3 Å². The Bertz CT molecular complexity index is 925. The number of hydrogen-bond acceptors (Lipinski definition) is 3. The molecule has 0 saturated heterocycles. The molecule has 150 valence electrons. The zero-order chi connectivity index (χ0) is 20.6. The number of carbonyl (C=O) groups excluding carboxylic acids is 2. The van der Waals surface area contributed by atoms with Gasteiger partial charge in [-0.15, -0.1) is 11.3 Å². The van der Waals surface area contributed by atoms with E-state index in [0.29, 0.717) is 6.54 Å². The molecule has 0 aliphatic carbocycles. The summed E-state index contributed by atoms with van der Waals surface area (Å²) >= 11 is 1.66. The first-order valence-corrected chi connectivity index (χ1v) is 10.5. The minimum absolute atomic E-state index is 0.0548. The molecule has 1 aromatic heterocycles. The van der Waals surface area contributed by atoms with E-state index in [-0.39, 0.29) is 11.9 Å². The lowest BCUT2D eigenvalue weighted by molar-refractivity contribution is -0.713. The molecule has 1 heterocycles. The molecule has 3 amide bonds. The second-order valence-electron chi connectivity index (χ2n) is 6.83. The Morgan fingerprint density at radius 2 is 1.69 bits per heavy atom. The highest BCUT2D eigenvalue weighted by Crippen LogP contribution is 2.24. The van der Waals surface area contributed by atoms with Gasteiger partial charge < -0.3 is 10.6 Å². The van der Waals surface area contributed by atoms with Crippen LogP contribution in [0.5, 0.6) is 0 Å². The molecule has 0 unspecified atom stereocenters. The molecule has 0 spiro atoms. The lowest BCUT2D eigenvalue weighted by Crippen LogP contribution is -2.88. The summed E-state index contributed by atoms with van der Waals surface area (Å²) in [6, 6.07) is 20.9. The smallest absolute Gasteiger partial charge is 0.321 e. The largest absolute Gasteiger partial charge is 0.338 e. The van der Waals surface area contributed by atoms with Crippen LogP contribution in [0.25, 0.3) is 0 Å². The van der Waals surface area contributed by atoms with E-state index in [1.807, 2.05) is 54.0 Å². The van der Waals surface area contributed by atoms with Gasteiger partial charge in [-0.25, -0.2) is 4.79 Å². The van der Waals surface area contributed by atoms with Gasteiger partial charge in [0.15, 0.2) is 6.04 Å². The number of amides is 3. The Labute approximate surface area is 175 Å². The highest BCUT2D eigenvalue weighted by atomic mass is 32.1. The van der Waals surface area contributed by atoms with E-state index in [4.69, 9.17) is 0 Å². The Morgan fingerprint density at radius 3 is 2.31 bits per heavy atom. The van der Waals surface area contributed by atoms with E-state index < -0.39 is 12.1 Å². The zero-order valence-corrected chi connectivity index (χ0v) is 17.4. The van der Waals surface area contributed by atoms with Crippen molar-refractivity contribution in [3.8, 4) is 0 Å². The molecule has 0 aliphatic heterocycles. The fraction of sp³-hybridized carbons (Fsp3) is 0.217. The van der Waals surface area contributed by atoms with Crippen molar-refractivity contribution in [1.29, 1.82) is 0 Å². The highest BCUT2D eigenvalue weighted by molar-refractivity contribution is 7.10. The number of rotatable bonds is 7. The van der Waals surface area contributed by atoms with E-state index in [2.05, 4.69) is 47.9 Å². The number of nitrogens with two attached hydrogens (primary N) is 1. The topological polar surface area (TPSA) is 74.8 Å². The van der Waals surface area contributed by atoms with Gasteiger partial charge in [0.05, 0.1) is 4.88 Å². The van der Waals surface area contributed by atoms with Gasteiger partial charge in [0, 0.05) is 17.7 Å². The van der Waals surface area contributed by atoms with E-state index in [1.54, 1.807) is 11.3 Å². The number of hydrogen-bond donors (Lipinski definition) is 3. The molecule has 2 atom stereocenters. The van der Waals surface area contributed by atoms with E-state index >= 15 is 0 Å². The molecule has 0 radical (unpaired) electrons. The summed E-state index contributed by atoms with van der Waals surface area (Å²) in [6.07, 6.45) is 0. The SMILES string of the molecule is CCNC(=O)NC(=O)[C@@H]([NH2+][C@H](c1ccc(C)cc1)c1cccs1)c1ccccc1. The normalized spacial score (nSPS) is 12.8. The second-order valence-corrected chi connectivity index (χ2v) is 7.81. The van der Waals surface area contributed by atoms with Gasteiger partial charge in [-0.2, -0.15) is 0 Å². The minimum Gasteiger partial charge on any atom is -0.338 e. The number of imide groups is 1. The van der Waals surface area contributed by atoms with E-state index in [9.17, 15) is 9.59 Å². The maximum atomic E-state index is 13.0. The van der Waals surface area contributed by atoms with Crippen LogP contribution in [0, 0.1) is 6.92 Å². The number of benzene rings is 2. The van der Waals surface area contributed by atoms with Gasteiger partial charge in [-0.1, -0.05) is 66.2 Å². The van der Waals surface area contributed by atoms with Gasteiger partial charge in [0.25, 0.3) is 5.91 Å². The Balaban J connectivity index is 1.93. The van der Waals surface area contributed by atoms with Crippen LogP contribution in [0.3, 0.4) is 0 Å². The molecular weight excluding hydrogens is 382 g/mol. The van der Waals surface area contributed by atoms with Crippen molar-refractivity contribution < 1.29 is 14.9 Å². The predicted molar refractivity (Wildman–Crippen MR) is 116 cm³/mol. The van der Waals surface area contributed by atoms with E-state index in [1.165, 1.54) is 5.56 Å². The zero-order valence-electron chi connectivity index (χ0n) is 16.6. The Morgan fingerprint density at radius 1 is 0.966 bits per heavy atom. The molecule has 29 heavy (non-hydrogen) atoms. The van der Waals surface area contributed by atoms with Gasteiger partial charge in [-0.3, -0.25) is 10.1 Å². The molecule has 2 aromatic carbocycles. The third-order valence-electron chi connectivity index (χ3n) is 4.69. The molecule has 3 aromatic rings. The fourth-order valence-corrected chi connectivity index (χ4v) is 4.04. The average Bonchev–Trinajstić information content (AvgIpc) is 3.25. The molecule has 6 heteroatoms. The first-order chi connectivity index (χ1) is 14.1. The van der Waals surface area contributed by atoms with Crippen molar-refractivity contribution in [3.05, 3.63) is 93.7 Å². The number of urea groups is 1. The lowest BCUT2D eigenvalue weighted by atomic mass is 9.99. The van der Waals surface area contributed by atoms with Crippen molar-refractivity contribution in [2.24, 2.45) is 0 Å². The van der Waals surface area contributed by atoms with Crippen LogP contribution in [0.1, 0.15) is 40.6 Å². The Hall–Kier alpha value is -2.96. The van der Waals surface area contributed by atoms with E-state index in [0.717, 1.165) is 16.0 Å². The minimum atomic E-state index is -0.563. The summed E-state index contributed by atoms with van der Waals surface area (Å²) in [4.78, 5) is 26.1. The average molecular weight is 409 g/mol. The van der Waals surface area contributed by atoms with Crippen LogP contribution in [-0.4, -0.2) is 18.5 Å². The molecule has 0 saturated carbocycles. The van der Waals surface area contributed by atoms with Gasteiger partial charge in [0.2, 0.25) is 0 Å². The summed E-state index contributed by atoms with van der Waals surface area (Å²) < 4.78 is 0. The standard InChI is InChI=1S/C23H25N3O2S/c1-3-24-23(28)26-22(27)21(17-8-5-4-6-9-17)25-20(19-10-7-15-29-19)18-13-11-16(2)12-14-18/h4-15,20-21,25H,3H2,1-2H3,(H2,24,26,27,28)/p+1/t20-,21+/m1/s1. The summed E-state index contributed by atoms with van der Waals surface area (Å²) in [5.74, 6) is -0.337. The van der Waals surface area contributed by atoms with Crippen LogP contribution < -0.4 is 16.0 Å². The predicted octanol–water partition coefficient (Wildman–Crippen LogP) is 3.30. The molecule has 0 fully saturated rings. The highest BCUT2D eigenvalue weighted by Gasteiger charge is 2.31. The number of thiophene rings is 1. The second kappa shape index (κ2) is 10.0. The third kappa shape index (κ3) is 5.53. The Kier molecular flexibility index (Phi) is 7.16. The summed E-state index contributed by atoms with van der Waals surface area (Å²) in [5, 5.41) is 9.16. The maximum Gasteiger partial charge on any atom is 0.321 e. The van der Waals surface area contributed by atoms with Crippen molar-refractivity contribution >= 4 is 23.3 Å². The van der Waals surface area contributed by atoms with Crippen molar-refractivity contribution in [2.75, 3.05) is 6.54 Å². The fourth-order valence-electron chi connectivity index (χ4n) is 3.21. The lowest BCUT2D eigenvalue weighted by Gasteiger charge is -2.22. The first-order valence-electron chi connectivity index (χ1n) is 9.67.